The van der Waals surface area contributed by atoms with E-state index >= 15 is 0 Å². The van der Waals surface area contributed by atoms with Crippen LogP contribution in [0.15, 0.2) is 0 Å². The number of carbonyl (C=O) groups excluding carboxylic acids is 2. The zero-order valence-electron chi connectivity index (χ0n) is 11.3. The molecule has 3 unspecified atom stereocenters. The minimum absolute atomic E-state index is 0.273. The van der Waals surface area contributed by atoms with Crippen LogP contribution in [0.25, 0.3) is 0 Å². The second-order valence-corrected chi connectivity index (χ2v) is 3.93. The van der Waals surface area contributed by atoms with Crippen LogP contribution in [0.1, 0.15) is 40.0 Å². The van der Waals surface area contributed by atoms with E-state index in [1.54, 1.807) is 20.8 Å². The fourth-order valence-corrected chi connectivity index (χ4v) is 1.20. The molecule has 1 saturated heterocycles. The van der Waals surface area contributed by atoms with Crippen molar-refractivity contribution in [1.29, 1.82) is 0 Å². The SMILES string of the molecule is CCC(O)C(=O)O.CCC1OC(=O)C(CC)OC1=O. The minimum atomic E-state index is -1.18. The van der Waals surface area contributed by atoms with E-state index in [4.69, 9.17) is 19.7 Å². The molecule has 1 heterocycles. The van der Waals surface area contributed by atoms with Crippen molar-refractivity contribution < 1.29 is 34.1 Å². The van der Waals surface area contributed by atoms with Crippen molar-refractivity contribution in [2.75, 3.05) is 0 Å². The van der Waals surface area contributed by atoms with Crippen molar-refractivity contribution in [2.45, 2.75) is 58.3 Å². The smallest absolute Gasteiger partial charge is 0.348 e. The lowest BCUT2D eigenvalue weighted by Gasteiger charge is -2.25. The Morgan fingerprint density at radius 1 is 1.11 bits per heavy atom. The van der Waals surface area contributed by atoms with E-state index in [0.29, 0.717) is 12.8 Å². The number of hydrogen-bond donors (Lipinski definition) is 2. The lowest BCUT2D eigenvalue weighted by atomic mass is 10.2. The van der Waals surface area contributed by atoms with E-state index in [2.05, 4.69) is 0 Å². The molecule has 3 atom stereocenters. The number of hydrogen-bond acceptors (Lipinski definition) is 6. The molecule has 1 rings (SSSR count). The summed E-state index contributed by atoms with van der Waals surface area (Å²) >= 11 is 0. The number of aliphatic hydroxyl groups is 1. The molecule has 19 heavy (non-hydrogen) atoms. The fraction of sp³-hybridized carbons (Fsp3) is 0.750. The van der Waals surface area contributed by atoms with Crippen LogP contribution in [0, 0.1) is 0 Å². The maximum Gasteiger partial charge on any atom is 0.348 e. The number of cyclic esters (lactones) is 2. The van der Waals surface area contributed by atoms with Crippen LogP contribution in [0.3, 0.4) is 0 Å². The number of rotatable bonds is 4. The summed E-state index contributed by atoms with van der Waals surface area (Å²) in [4.78, 5) is 31.8. The minimum Gasteiger partial charge on any atom is -0.479 e. The van der Waals surface area contributed by atoms with Gasteiger partial charge in [-0.2, -0.15) is 0 Å². The maximum absolute atomic E-state index is 11.0. The highest BCUT2D eigenvalue weighted by molar-refractivity contribution is 5.87. The van der Waals surface area contributed by atoms with Gasteiger partial charge in [-0.3, -0.25) is 0 Å². The van der Waals surface area contributed by atoms with Crippen LogP contribution in [0.4, 0.5) is 0 Å². The highest BCUT2D eigenvalue weighted by atomic mass is 16.6. The predicted octanol–water partition coefficient (Wildman–Crippen LogP) is 0.485. The molecule has 0 radical (unpaired) electrons. The van der Waals surface area contributed by atoms with Crippen molar-refractivity contribution in [3.8, 4) is 0 Å². The summed E-state index contributed by atoms with van der Waals surface area (Å²) in [6, 6.07) is 0. The summed E-state index contributed by atoms with van der Waals surface area (Å²) in [5.41, 5.74) is 0. The number of carboxylic acids is 1. The molecule has 1 aliphatic rings. The average molecular weight is 276 g/mol. The van der Waals surface area contributed by atoms with Crippen LogP contribution < -0.4 is 0 Å². The number of esters is 2. The van der Waals surface area contributed by atoms with Crippen LogP contribution in [-0.4, -0.2) is 46.4 Å². The lowest BCUT2D eigenvalue weighted by molar-refractivity contribution is -0.195. The number of aliphatic hydroxyl groups excluding tert-OH is 1. The molecular formula is C12H20O7. The van der Waals surface area contributed by atoms with Crippen LogP contribution in [0.2, 0.25) is 0 Å². The summed E-state index contributed by atoms with van der Waals surface area (Å²) in [6.45, 7) is 5.15. The quantitative estimate of drug-likeness (QED) is 0.719. The van der Waals surface area contributed by atoms with Crippen LogP contribution in [0.5, 0.6) is 0 Å². The van der Waals surface area contributed by atoms with E-state index in [0.717, 1.165) is 0 Å². The molecule has 0 amide bonds. The monoisotopic (exact) mass is 276 g/mol. The number of carboxylic acid groups (broad SMARTS) is 1. The van der Waals surface area contributed by atoms with Gasteiger partial charge in [0.25, 0.3) is 0 Å². The van der Waals surface area contributed by atoms with Gasteiger partial charge in [-0.15, -0.1) is 0 Å². The van der Waals surface area contributed by atoms with Crippen molar-refractivity contribution >= 4 is 17.9 Å². The molecule has 1 fully saturated rings. The third kappa shape index (κ3) is 5.69. The van der Waals surface area contributed by atoms with E-state index in [1.807, 2.05) is 0 Å². The Labute approximate surface area is 111 Å². The molecule has 0 aromatic rings. The van der Waals surface area contributed by atoms with Gasteiger partial charge in [0.2, 0.25) is 0 Å². The van der Waals surface area contributed by atoms with Gasteiger partial charge in [0, 0.05) is 0 Å². The number of aliphatic carboxylic acids is 1. The molecule has 0 saturated carbocycles. The molecule has 0 spiro atoms. The predicted molar refractivity (Wildman–Crippen MR) is 64.3 cm³/mol. The molecular weight excluding hydrogens is 256 g/mol. The normalized spacial score (nSPS) is 23.6. The molecule has 0 aromatic heterocycles. The summed E-state index contributed by atoms with van der Waals surface area (Å²) in [5.74, 6) is -2.00. The van der Waals surface area contributed by atoms with Gasteiger partial charge >= 0.3 is 17.9 Å². The van der Waals surface area contributed by atoms with Crippen molar-refractivity contribution in [3.63, 3.8) is 0 Å². The van der Waals surface area contributed by atoms with Gasteiger partial charge in [-0.1, -0.05) is 20.8 Å². The highest BCUT2D eigenvalue weighted by Gasteiger charge is 2.35. The molecule has 1 aliphatic heterocycles. The molecule has 0 aromatic carbocycles. The Bertz CT molecular complexity index is 304. The van der Waals surface area contributed by atoms with Crippen molar-refractivity contribution in [1.82, 2.24) is 0 Å². The number of ether oxygens (including phenoxy) is 2. The third-order valence-electron chi connectivity index (χ3n) is 2.46. The average Bonchev–Trinajstić information content (AvgIpc) is 2.40. The van der Waals surface area contributed by atoms with Gasteiger partial charge in [-0.25, -0.2) is 14.4 Å². The Hall–Kier alpha value is -1.63. The molecule has 7 heteroatoms. The lowest BCUT2D eigenvalue weighted by Crippen LogP contribution is -2.43. The van der Waals surface area contributed by atoms with Gasteiger partial charge in [0.15, 0.2) is 18.3 Å². The standard InChI is InChI=1S/C8H12O4.C4H8O3/c1-3-5-7(9)12-6(4-2)8(10)11-5;1-2-3(5)4(6)7/h5-6H,3-4H2,1-2H3;3,5H,2H2,1H3,(H,6,7). The van der Waals surface area contributed by atoms with E-state index in [-0.39, 0.29) is 6.42 Å². The van der Waals surface area contributed by atoms with Crippen LogP contribution >= 0.6 is 0 Å². The molecule has 0 bridgehead atoms. The summed E-state index contributed by atoms with van der Waals surface area (Å²) in [5, 5.41) is 16.3. The van der Waals surface area contributed by atoms with Gasteiger partial charge < -0.3 is 19.7 Å². The molecule has 2 N–H and O–H groups in total. The summed E-state index contributed by atoms with van der Waals surface area (Å²) < 4.78 is 9.68. The first-order chi connectivity index (χ1) is 8.87. The first-order valence-electron chi connectivity index (χ1n) is 6.19. The summed E-state index contributed by atoms with van der Waals surface area (Å²) in [7, 11) is 0. The molecule has 7 nitrogen and oxygen atoms in total. The first kappa shape index (κ1) is 17.4. The molecule has 110 valence electrons. The Morgan fingerprint density at radius 3 is 1.63 bits per heavy atom. The summed E-state index contributed by atoms with van der Waals surface area (Å²) in [6.07, 6.45) is -1.35. The van der Waals surface area contributed by atoms with Gasteiger partial charge in [0.05, 0.1) is 0 Å². The fourth-order valence-electron chi connectivity index (χ4n) is 1.20. The van der Waals surface area contributed by atoms with E-state index in [1.165, 1.54) is 0 Å². The van der Waals surface area contributed by atoms with Crippen molar-refractivity contribution in [2.24, 2.45) is 0 Å². The first-order valence-corrected chi connectivity index (χ1v) is 6.19. The largest absolute Gasteiger partial charge is 0.479 e. The Kier molecular flexibility index (Phi) is 7.74. The van der Waals surface area contributed by atoms with Crippen LogP contribution in [-0.2, 0) is 23.9 Å². The zero-order chi connectivity index (χ0) is 15.0. The Balaban J connectivity index is 0.000000399. The maximum atomic E-state index is 11.0. The topological polar surface area (TPSA) is 110 Å². The van der Waals surface area contributed by atoms with Gasteiger partial charge in [-0.05, 0) is 19.3 Å². The van der Waals surface area contributed by atoms with E-state index < -0.39 is 36.2 Å². The second-order valence-electron chi connectivity index (χ2n) is 3.93. The van der Waals surface area contributed by atoms with E-state index in [9.17, 15) is 14.4 Å². The second kappa shape index (κ2) is 8.47. The zero-order valence-corrected chi connectivity index (χ0v) is 11.3. The van der Waals surface area contributed by atoms with Crippen molar-refractivity contribution in [3.05, 3.63) is 0 Å². The molecule has 0 aliphatic carbocycles. The Morgan fingerprint density at radius 2 is 1.47 bits per heavy atom. The highest BCUT2D eigenvalue weighted by Crippen LogP contribution is 2.14. The van der Waals surface area contributed by atoms with Gasteiger partial charge in [0.1, 0.15) is 0 Å². The third-order valence-corrected chi connectivity index (χ3v) is 2.46. The number of carbonyl (C=O) groups is 3.